The molecule has 0 atom stereocenters. The minimum absolute atomic E-state index is 0.225. The smallest absolute Gasteiger partial charge is 0.290 e. The molecule has 0 radical (unpaired) electrons. The Balaban J connectivity index is 1.43. The van der Waals surface area contributed by atoms with Gasteiger partial charge in [0.05, 0.1) is 35.7 Å². The average molecular weight is 567 g/mol. The average Bonchev–Trinajstić information content (AvgIpc) is 3.42. The predicted molar refractivity (Wildman–Crippen MR) is 157 cm³/mol. The third-order valence-corrected chi connectivity index (χ3v) is 7.53. The molecule has 1 aliphatic rings. The van der Waals surface area contributed by atoms with Crippen LogP contribution in [-0.2, 0) is 18.3 Å². The number of amides is 2. The number of aromatic nitrogens is 4. The number of hydrogen-bond donors (Lipinski definition) is 2. The summed E-state index contributed by atoms with van der Waals surface area (Å²) in [7, 11) is 1.57. The van der Waals surface area contributed by atoms with E-state index in [0.29, 0.717) is 70.7 Å². The fourth-order valence-corrected chi connectivity index (χ4v) is 5.36. The second-order valence-electron chi connectivity index (χ2n) is 10.6. The molecule has 11 heteroatoms. The fourth-order valence-electron chi connectivity index (χ4n) is 5.36. The summed E-state index contributed by atoms with van der Waals surface area (Å²) < 4.78 is 14.1. The van der Waals surface area contributed by atoms with Crippen molar-refractivity contribution in [1.29, 1.82) is 0 Å². The van der Waals surface area contributed by atoms with Gasteiger partial charge >= 0.3 is 0 Å². The molecule has 11 nitrogen and oxygen atoms in total. The maximum absolute atomic E-state index is 13.7. The number of carbonyl (C=O) groups is 2. The summed E-state index contributed by atoms with van der Waals surface area (Å²) in [6.07, 6.45) is 2.52. The zero-order chi connectivity index (χ0) is 29.5. The van der Waals surface area contributed by atoms with Gasteiger partial charge < -0.3 is 24.9 Å². The van der Waals surface area contributed by atoms with Crippen LogP contribution in [0, 0.1) is 19.8 Å². The lowest BCUT2D eigenvalue weighted by molar-refractivity contribution is -0.0370. The van der Waals surface area contributed by atoms with E-state index in [1.165, 1.54) is 10.8 Å². The van der Waals surface area contributed by atoms with Crippen molar-refractivity contribution in [2.45, 2.75) is 26.8 Å². The Hall–Kier alpha value is -5.03. The molecule has 5 heterocycles. The van der Waals surface area contributed by atoms with Crippen LogP contribution < -0.4 is 16.6 Å². The number of aryl methyl sites for hydroxylation is 4. The molecule has 1 aromatic carbocycles. The third kappa shape index (κ3) is 4.99. The minimum atomic E-state index is -0.581. The Bertz CT molecular complexity index is 1900. The Morgan fingerprint density at radius 2 is 1.93 bits per heavy atom. The predicted octanol–water partition coefficient (Wildman–Crippen LogP) is 4.06. The van der Waals surface area contributed by atoms with Crippen molar-refractivity contribution < 1.29 is 18.8 Å². The van der Waals surface area contributed by atoms with Crippen LogP contribution in [0.4, 0.5) is 5.69 Å². The number of pyridine rings is 2. The number of hydrogen-bond acceptors (Lipinski definition) is 7. The molecule has 2 amide bonds. The van der Waals surface area contributed by atoms with E-state index in [2.05, 4.69) is 14.9 Å². The number of anilines is 1. The Morgan fingerprint density at radius 1 is 1.12 bits per heavy atom. The van der Waals surface area contributed by atoms with Gasteiger partial charge in [-0.15, -0.1) is 0 Å². The van der Waals surface area contributed by atoms with Gasteiger partial charge in [0.1, 0.15) is 5.76 Å². The second kappa shape index (κ2) is 10.7. The summed E-state index contributed by atoms with van der Waals surface area (Å²) in [5.74, 6) is -0.0363. The van der Waals surface area contributed by atoms with Gasteiger partial charge in [-0.1, -0.05) is 12.1 Å². The molecular weight excluding hydrogens is 536 g/mol. The largest absolute Gasteiger partial charge is 0.381 e. The normalized spacial score (nSPS) is 13.3. The van der Waals surface area contributed by atoms with E-state index in [1.54, 1.807) is 38.4 Å². The molecule has 214 valence electrons. The topological polar surface area (TPSA) is 147 Å². The Labute approximate surface area is 240 Å². The molecule has 6 rings (SSSR count). The maximum Gasteiger partial charge on any atom is 0.290 e. The molecule has 0 aliphatic carbocycles. The highest BCUT2D eigenvalue weighted by Gasteiger charge is 2.24. The molecule has 0 bridgehead atoms. The summed E-state index contributed by atoms with van der Waals surface area (Å²) >= 11 is 0. The van der Waals surface area contributed by atoms with Crippen LogP contribution in [0.15, 0.2) is 64.0 Å². The van der Waals surface area contributed by atoms with Crippen LogP contribution in [0.1, 0.15) is 38.7 Å². The van der Waals surface area contributed by atoms with Gasteiger partial charge in [0.15, 0.2) is 5.69 Å². The van der Waals surface area contributed by atoms with Crippen molar-refractivity contribution in [3.8, 4) is 22.5 Å². The zero-order valence-corrected chi connectivity index (χ0v) is 23.5. The van der Waals surface area contributed by atoms with E-state index < -0.39 is 11.8 Å². The lowest BCUT2D eigenvalue weighted by Gasteiger charge is -2.26. The van der Waals surface area contributed by atoms with Crippen LogP contribution in [0.25, 0.3) is 33.4 Å². The molecule has 5 aromatic rings. The minimum Gasteiger partial charge on any atom is -0.381 e. The second-order valence-corrected chi connectivity index (χ2v) is 10.6. The lowest BCUT2D eigenvalue weighted by atomic mass is 10.0. The molecule has 1 aliphatic heterocycles. The summed E-state index contributed by atoms with van der Waals surface area (Å²) in [5.41, 5.74) is 10.2. The SMILES string of the molecule is Cc1cc2cc(-c3ccc(-c4c(C)on(C)c4=O)cn3)n(CCC3COC3)c2c(C(=O)Nc2cccc(C(N)=O)c2)n1. The van der Waals surface area contributed by atoms with Gasteiger partial charge in [-0.2, -0.15) is 4.74 Å². The number of nitrogens with two attached hydrogens (primary N) is 1. The first-order chi connectivity index (χ1) is 20.2. The number of ether oxygens (including phenoxy) is 1. The molecule has 1 fully saturated rings. The number of nitrogens with one attached hydrogen (secondary N) is 1. The number of primary amides is 1. The highest BCUT2D eigenvalue weighted by Crippen LogP contribution is 2.32. The van der Waals surface area contributed by atoms with Crippen LogP contribution in [0.5, 0.6) is 0 Å². The van der Waals surface area contributed by atoms with Gasteiger partial charge in [0.2, 0.25) is 5.91 Å². The molecule has 0 unspecified atom stereocenters. The fraction of sp³-hybridized carbons (Fsp3) is 0.258. The van der Waals surface area contributed by atoms with Crippen LogP contribution in [-0.4, -0.2) is 44.3 Å². The monoisotopic (exact) mass is 566 g/mol. The van der Waals surface area contributed by atoms with Gasteiger partial charge in [-0.05, 0) is 56.7 Å². The summed E-state index contributed by atoms with van der Waals surface area (Å²) in [4.78, 5) is 47.3. The van der Waals surface area contributed by atoms with Crippen molar-refractivity contribution >= 4 is 28.4 Å². The van der Waals surface area contributed by atoms with Gasteiger partial charge in [0.25, 0.3) is 11.5 Å². The van der Waals surface area contributed by atoms with Crippen molar-refractivity contribution in [2.75, 3.05) is 18.5 Å². The first kappa shape index (κ1) is 27.2. The highest BCUT2D eigenvalue weighted by atomic mass is 16.5. The molecule has 4 aromatic heterocycles. The van der Waals surface area contributed by atoms with E-state index in [4.69, 9.17) is 20.0 Å². The Morgan fingerprint density at radius 3 is 2.57 bits per heavy atom. The lowest BCUT2D eigenvalue weighted by Crippen LogP contribution is -2.28. The molecule has 0 saturated carbocycles. The Kier molecular flexibility index (Phi) is 6.95. The highest BCUT2D eigenvalue weighted by molar-refractivity contribution is 6.11. The molecule has 42 heavy (non-hydrogen) atoms. The molecule has 3 N–H and O–H groups in total. The number of fused-ring (bicyclic) bond motifs is 1. The van der Waals surface area contributed by atoms with Crippen molar-refractivity contribution in [1.82, 2.24) is 19.3 Å². The summed E-state index contributed by atoms with van der Waals surface area (Å²) in [6.45, 7) is 5.63. The van der Waals surface area contributed by atoms with Crippen molar-refractivity contribution in [3.05, 3.63) is 87.8 Å². The maximum atomic E-state index is 13.7. The van der Waals surface area contributed by atoms with E-state index in [1.807, 2.05) is 31.2 Å². The van der Waals surface area contributed by atoms with Crippen molar-refractivity contribution in [3.63, 3.8) is 0 Å². The van der Waals surface area contributed by atoms with Crippen LogP contribution in [0.2, 0.25) is 0 Å². The summed E-state index contributed by atoms with van der Waals surface area (Å²) in [6, 6.07) is 14.2. The van der Waals surface area contributed by atoms with E-state index in [9.17, 15) is 14.4 Å². The zero-order valence-electron chi connectivity index (χ0n) is 23.5. The number of carbonyl (C=O) groups excluding carboxylic acids is 2. The van der Waals surface area contributed by atoms with E-state index in [0.717, 1.165) is 17.5 Å². The van der Waals surface area contributed by atoms with Gasteiger partial charge in [-0.25, -0.2) is 4.98 Å². The van der Waals surface area contributed by atoms with E-state index in [-0.39, 0.29) is 11.3 Å². The van der Waals surface area contributed by atoms with Gasteiger partial charge in [-0.3, -0.25) is 19.4 Å². The first-order valence-electron chi connectivity index (χ1n) is 13.6. The quantitative estimate of drug-likeness (QED) is 0.288. The number of nitrogens with zero attached hydrogens (tertiary/aromatic N) is 4. The van der Waals surface area contributed by atoms with Gasteiger partial charge in [0, 0.05) is 53.6 Å². The molecule has 0 spiro atoms. The number of rotatable bonds is 8. The molecular formula is C31H30N6O5. The van der Waals surface area contributed by atoms with E-state index >= 15 is 0 Å². The van der Waals surface area contributed by atoms with Crippen LogP contribution >= 0.6 is 0 Å². The first-order valence-corrected chi connectivity index (χ1v) is 13.6. The molecule has 1 saturated heterocycles. The standard InChI is InChI=1S/C31H30N6O5/c1-17-11-22-13-25(24-8-7-21(14-33-24)26-18(2)42-36(3)31(26)40)37(10-9-19-15-41-16-19)28(22)27(34-17)30(39)35-23-6-4-5-20(12-23)29(32)38/h4-8,11-14,19H,9-10,15-16H2,1-3H3,(H2,32,38)(H,35,39). The summed E-state index contributed by atoms with van der Waals surface area (Å²) in [5, 5.41) is 3.73. The number of benzene rings is 1. The van der Waals surface area contributed by atoms with Crippen LogP contribution in [0.3, 0.4) is 0 Å². The van der Waals surface area contributed by atoms with Crippen molar-refractivity contribution in [2.24, 2.45) is 18.7 Å². The third-order valence-electron chi connectivity index (χ3n) is 7.53.